The van der Waals surface area contributed by atoms with Gasteiger partial charge in [0.2, 0.25) is 0 Å². The summed E-state index contributed by atoms with van der Waals surface area (Å²) in [5, 5.41) is 7.43. The fourth-order valence-corrected chi connectivity index (χ4v) is 3.32. The van der Waals surface area contributed by atoms with Crippen LogP contribution in [0.2, 0.25) is 0 Å². The second kappa shape index (κ2) is 7.50. The molecule has 0 saturated carbocycles. The van der Waals surface area contributed by atoms with E-state index in [1.165, 1.54) is 5.39 Å². The summed E-state index contributed by atoms with van der Waals surface area (Å²) >= 11 is 0. The van der Waals surface area contributed by atoms with Crippen LogP contribution >= 0.6 is 0 Å². The SMILES string of the molecule is C[C@@H](Oc1cccc2ccccc12)C(=O)NCc1cccc2ccccc12. The molecular formula is C24H21NO2. The fourth-order valence-electron chi connectivity index (χ4n) is 3.32. The molecule has 3 nitrogen and oxygen atoms in total. The number of benzene rings is 4. The van der Waals surface area contributed by atoms with Crippen molar-refractivity contribution in [1.29, 1.82) is 0 Å². The van der Waals surface area contributed by atoms with Gasteiger partial charge in [0, 0.05) is 11.9 Å². The van der Waals surface area contributed by atoms with Crippen molar-refractivity contribution >= 4 is 27.5 Å². The van der Waals surface area contributed by atoms with Gasteiger partial charge in [0.15, 0.2) is 6.10 Å². The Morgan fingerprint density at radius 3 is 2.19 bits per heavy atom. The lowest BCUT2D eigenvalue weighted by atomic mass is 10.0. The molecule has 0 aliphatic rings. The molecule has 1 atom stereocenters. The van der Waals surface area contributed by atoms with Crippen molar-refractivity contribution < 1.29 is 9.53 Å². The van der Waals surface area contributed by atoms with E-state index in [-0.39, 0.29) is 5.91 Å². The summed E-state index contributed by atoms with van der Waals surface area (Å²) in [5.41, 5.74) is 1.10. The predicted octanol–water partition coefficient (Wildman–Crippen LogP) is 5.08. The zero-order chi connectivity index (χ0) is 18.6. The summed E-state index contributed by atoms with van der Waals surface area (Å²) in [6.07, 6.45) is -0.578. The predicted molar refractivity (Wildman–Crippen MR) is 110 cm³/mol. The van der Waals surface area contributed by atoms with E-state index in [1.807, 2.05) is 66.7 Å². The van der Waals surface area contributed by atoms with Crippen LogP contribution < -0.4 is 10.1 Å². The summed E-state index contributed by atoms with van der Waals surface area (Å²) in [5.74, 6) is 0.594. The highest BCUT2D eigenvalue weighted by molar-refractivity contribution is 5.89. The molecule has 134 valence electrons. The molecule has 0 aliphatic heterocycles. The topological polar surface area (TPSA) is 38.3 Å². The molecular weight excluding hydrogens is 334 g/mol. The van der Waals surface area contributed by atoms with Crippen LogP contribution in [0.3, 0.4) is 0 Å². The van der Waals surface area contributed by atoms with Crippen molar-refractivity contribution in [2.24, 2.45) is 0 Å². The van der Waals surface area contributed by atoms with Crippen LogP contribution in [0, 0.1) is 0 Å². The summed E-state index contributed by atoms with van der Waals surface area (Å²) in [6.45, 7) is 2.25. The number of hydrogen-bond donors (Lipinski definition) is 1. The number of fused-ring (bicyclic) bond motifs is 2. The highest BCUT2D eigenvalue weighted by Gasteiger charge is 2.16. The Hall–Kier alpha value is -3.33. The molecule has 0 aliphatic carbocycles. The van der Waals surface area contributed by atoms with Gasteiger partial charge < -0.3 is 10.1 Å². The van der Waals surface area contributed by atoms with Gasteiger partial charge in [0.25, 0.3) is 5.91 Å². The summed E-state index contributed by atoms with van der Waals surface area (Å²) < 4.78 is 5.95. The van der Waals surface area contributed by atoms with Crippen molar-refractivity contribution in [2.75, 3.05) is 0 Å². The lowest BCUT2D eigenvalue weighted by Crippen LogP contribution is -2.36. The fraction of sp³-hybridized carbons (Fsp3) is 0.125. The van der Waals surface area contributed by atoms with Gasteiger partial charge in [-0.25, -0.2) is 0 Å². The van der Waals surface area contributed by atoms with Crippen LogP contribution in [0.4, 0.5) is 0 Å². The number of carbonyl (C=O) groups excluding carboxylic acids is 1. The number of amides is 1. The molecule has 0 fully saturated rings. The van der Waals surface area contributed by atoms with Gasteiger partial charge in [-0.15, -0.1) is 0 Å². The van der Waals surface area contributed by atoms with E-state index in [2.05, 4.69) is 23.5 Å². The third-order valence-electron chi connectivity index (χ3n) is 4.76. The first-order valence-corrected chi connectivity index (χ1v) is 9.11. The van der Waals surface area contributed by atoms with Crippen LogP contribution in [0.5, 0.6) is 5.75 Å². The number of hydrogen-bond acceptors (Lipinski definition) is 2. The Morgan fingerprint density at radius 1 is 0.815 bits per heavy atom. The minimum Gasteiger partial charge on any atom is -0.480 e. The standard InChI is InChI=1S/C24H21NO2/c1-17(27-23-15-7-11-19-9-3-5-14-22(19)23)24(26)25-16-20-12-6-10-18-8-2-4-13-21(18)20/h2-15,17H,16H2,1H3,(H,25,26)/t17-/m1/s1. The van der Waals surface area contributed by atoms with Crippen LogP contribution in [0.25, 0.3) is 21.5 Å². The maximum Gasteiger partial charge on any atom is 0.261 e. The van der Waals surface area contributed by atoms with Gasteiger partial charge in [-0.1, -0.05) is 78.9 Å². The summed E-state index contributed by atoms with van der Waals surface area (Å²) in [4.78, 5) is 12.6. The van der Waals surface area contributed by atoms with E-state index in [4.69, 9.17) is 4.74 Å². The molecule has 0 unspecified atom stereocenters. The smallest absolute Gasteiger partial charge is 0.261 e. The van der Waals surface area contributed by atoms with E-state index >= 15 is 0 Å². The van der Waals surface area contributed by atoms with E-state index in [0.717, 1.165) is 27.5 Å². The van der Waals surface area contributed by atoms with Crippen molar-refractivity contribution in [3.8, 4) is 5.75 Å². The summed E-state index contributed by atoms with van der Waals surface area (Å²) in [6, 6.07) is 28.2. The lowest BCUT2D eigenvalue weighted by Gasteiger charge is -2.16. The first kappa shape index (κ1) is 17.1. The Kier molecular flexibility index (Phi) is 4.75. The molecule has 0 spiro atoms. The van der Waals surface area contributed by atoms with Crippen molar-refractivity contribution in [3.05, 3.63) is 90.5 Å². The van der Waals surface area contributed by atoms with Crippen molar-refractivity contribution in [3.63, 3.8) is 0 Å². The molecule has 4 aromatic rings. The van der Waals surface area contributed by atoms with Crippen LogP contribution in [-0.4, -0.2) is 12.0 Å². The molecule has 1 amide bonds. The zero-order valence-electron chi connectivity index (χ0n) is 15.2. The quantitative estimate of drug-likeness (QED) is 0.542. The number of nitrogens with one attached hydrogen (secondary N) is 1. The van der Waals surface area contributed by atoms with Gasteiger partial charge >= 0.3 is 0 Å². The van der Waals surface area contributed by atoms with Gasteiger partial charge in [0.1, 0.15) is 5.75 Å². The Bertz CT molecular complexity index is 1090. The van der Waals surface area contributed by atoms with Crippen LogP contribution in [0.1, 0.15) is 12.5 Å². The van der Waals surface area contributed by atoms with Crippen molar-refractivity contribution in [1.82, 2.24) is 5.32 Å². The second-order valence-electron chi connectivity index (χ2n) is 6.59. The molecule has 4 aromatic carbocycles. The first-order valence-electron chi connectivity index (χ1n) is 9.11. The average Bonchev–Trinajstić information content (AvgIpc) is 2.72. The summed E-state index contributed by atoms with van der Waals surface area (Å²) in [7, 11) is 0. The highest BCUT2D eigenvalue weighted by atomic mass is 16.5. The van der Waals surface area contributed by atoms with Gasteiger partial charge in [0.05, 0.1) is 0 Å². The van der Waals surface area contributed by atoms with E-state index < -0.39 is 6.10 Å². The molecule has 1 N–H and O–H groups in total. The third-order valence-corrected chi connectivity index (χ3v) is 4.76. The molecule has 0 heterocycles. The average molecular weight is 355 g/mol. The van der Waals surface area contributed by atoms with Gasteiger partial charge in [-0.3, -0.25) is 4.79 Å². The number of rotatable bonds is 5. The molecule has 0 aromatic heterocycles. The molecule has 0 saturated heterocycles. The van der Waals surface area contributed by atoms with E-state index in [0.29, 0.717) is 6.54 Å². The second-order valence-corrected chi connectivity index (χ2v) is 6.59. The first-order chi connectivity index (χ1) is 13.2. The lowest BCUT2D eigenvalue weighted by molar-refractivity contribution is -0.127. The normalized spacial score (nSPS) is 12.0. The van der Waals surface area contributed by atoms with Crippen molar-refractivity contribution in [2.45, 2.75) is 19.6 Å². The van der Waals surface area contributed by atoms with Gasteiger partial charge in [-0.2, -0.15) is 0 Å². The monoisotopic (exact) mass is 355 g/mol. The third kappa shape index (κ3) is 3.63. The van der Waals surface area contributed by atoms with E-state index in [9.17, 15) is 4.79 Å². The maximum atomic E-state index is 12.6. The molecule has 3 heteroatoms. The molecule has 4 rings (SSSR count). The number of ether oxygens (including phenoxy) is 1. The zero-order valence-corrected chi connectivity index (χ0v) is 15.2. The number of carbonyl (C=O) groups is 1. The Morgan fingerprint density at radius 2 is 1.41 bits per heavy atom. The van der Waals surface area contributed by atoms with Gasteiger partial charge in [-0.05, 0) is 34.7 Å². The maximum absolute atomic E-state index is 12.6. The largest absolute Gasteiger partial charge is 0.480 e. The molecule has 0 radical (unpaired) electrons. The van der Waals surface area contributed by atoms with E-state index in [1.54, 1.807) is 6.92 Å². The molecule has 27 heavy (non-hydrogen) atoms. The Labute approximate surface area is 158 Å². The van der Waals surface area contributed by atoms with Crippen LogP contribution in [-0.2, 0) is 11.3 Å². The Balaban J connectivity index is 1.46. The minimum absolute atomic E-state index is 0.129. The minimum atomic E-state index is -0.578. The highest BCUT2D eigenvalue weighted by Crippen LogP contribution is 2.26. The molecule has 0 bridgehead atoms. The van der Waals surface area contributed by atoms with Crippen LogP contribution in [0.15, 0.2) is 84.9 Å².